The van der Waals surface area contributed by atoms with Gasteiger partial charge in [0.2, 0.25) is 0 Å². The topological polar surface area (TPSA) is 51.0 Å². The first kappa shape index (κ1) is 19.1. The van der Waals surface area contributed by atoms with Crippen LogP contribution in [0.2, 0.25) is 0 Å². The number of halogens is 2. The smallest absolute Gasteiger partial charge is 0.259 e. The summed E-state index contributed by atoms with van der Waals surface area (Å²) in [6.07, 6.45) is 5.77. The Morgan fingerprint density at radius 2 is 1.81 bits per heavy atom. The van der Waals surface area contributed by atoms with Crippen molar-refractivity contribution in [3.8, 4) is 5.69 Å². The van der Waals surface area contributed by atoms with Crippen molar-refractivity contribution in [2.75, 3.05) is 11.4 Å². The number of carbonyl (C=O) groups is 1. The molecule has 1 amide bonds. The zero-order chi connectivity index (χ0) is 21.4. The van der Waals surface area contributed by atoms with Crippen molar-refractivity contribution in [2.24, 2.45) is 0 Å². The van der Waals surface area contributed by atoms with Gasteiger partial charge in [-0.05, 0) is 53.8 Å². The van der Waals surface area contributed by atoms with E-state index in [4.69, 9.17) is 0 Å². The Bertz CT molecular complexity index is 1250. The molecule has 7 heteroatoms. The van der Waals surface area contributed by atoms with E-state index in [0.29, 0.717) is 24.9 Å². The van der Waals surface area contributed by atoms with E-state index in [1.54, 1.807) is 10.9 Å². The van der Waals surface area contributed by atoms with Crippen molar-refractivity contribution in [2.45, 2.75) is 12.8 Å². The number of fused-ring (bicyclic) bond motifs is 1. The molecule has 1 aliphatic heterocycles. The maximum absolute atomic E-state index is 14.2. The van der Waals surface area contributed by atoms with E-state index >= 15 is 0 Å². The molecule has 0 aliphatic carbocycles. The van der Waals surface area contributed by atoms with Crippen LogP contribution in [0.1, 0.15) is 27.0 Å². The second-order valence-electron chi connectivity index (χ2n) is 7.45. The molecular weight excluding hydrogens is 398 g/mol. The van der Waals surface area contributed by atoms with Gasteiger partial charge in [-0.25, -0.2) is 18.4 Å². The molecule has 0 N–H and O–H groups in total. The highest BCUT2D eigenvalue weighted by molar-refractivity contribution is 6.07. The lowest BCUT2D eigenvalue weighted by Crippen LogP contribution is -2.38. The van der Waals surface area contributed by atoms with Gasteiger partial charge in [-0.15, -0.1) is 0 Å². The molecule has 3 heterocycles. The fourth-order valence-corrected chi connectivity index (χ4v) is 3.86. The van der Waals surface area contributed by atoms with Crippen molar-refractivity contribution < 1.29 is 13.6 Å². The van der Waals surface area contributed by atoms with E-state index in [1.165, 1.54) is 4.90 Å². The van der Waals surface area contributed by atoms with Gasteiger partial charge in [0.1, 0.15) is 5.82 Å². The summed E-state index contributed by atoms with van der Waals surface area (Å²) in [5.41, 5.74) is 4.50. The zero-order valence-corrected chi connectivity index (χ0v) is 16.5. The third-order valence-electron chi connectivity index (χ3n) is 5.41. The monoisotopic (exact) mass is 416 g/mol. The number of hydrogen-bond acceptors (Lipinski definition) is 3. The van der Waals surface area contributed by atoms with E-state index in [1.807, 2.05) is 54.7 Å². The molecule has 0 spiro atoms. The van der Waals surface area contributed by atoms with Crippen molar-refractivity contribution in [3.05, 3.63) is 107 Å². The quantitative estimate of drug-likeness (QED) is 0.497. The number of rotatable bonds is 4. The van der Waals surface area contributed by atoms with Crippen molar-refractivity contribution in [1.82, 2.24) is 14.8 Å². The average molecular weight is 416 g/mol. The molecule has 0 saturated carbocycles. The van der Waals surface area contributed by atoms with Crippen LogP contribution in [0, 0.1) is 11.6 Å². The number of pyridine rings is 1. The average Bonchev–Trinajstić information content (AvgIpc) is 3.31. The molecule has 0 atom stereocenters. The zero-order valence-electron chi connectivity index (χ0n) is 16.5. The van der Waals surface area contributed by atoms with Gasteiger partial charge in [0, 0.05) is 30.6 Å². The lowest BCUT2D eigenvalue weighted by Gasteiger charge is -2.28. The van der Waals surface area contributed by atoms with Crippen LogP contribution in [-0.2, 0) is 12.8 Å². The SMILES string of the molecule is O=C1c2cc(Cc3ccc(-n4cccn4)cc3)ccc2CCN1c1ncc(F)cc1F. The third kappa shape index (κ3) is 3.70. The maximum atomic E-state index is 14.2. The minimum atomic E-state index is -0.842. The minimum Gasteiger partial charge on any atom is -0.290 e. The normalized spacial score (nSPS) is 13.4. The van der Waals surface area contributed by atoms with Gasteiger partial charge in [0.05, 0.1) is 11.9 Å². The van der Waals surface area contributed by atoms with Crippen LogP contribution in [0.25, 0.3) is 5.69 Å². The molecular formula is C24H18F2N4O. The van der Waals surface area contributed by atoms with Crippen LogP contribution in [-0.4, -0.2) is 27.2 Å². The van der Waals surface area contributed by atoms with Crippen molar-refractivity contribution in [3.63, 3.8) is 0 Å². The van der Waals surface area contributed by atoms with Crippen LogP contribution in [0.15, 0.2) is 73.2 Å². The van der Waals surface area contributed by atoms with Gasteiger partial charge < -0.3 is 0 Å². The summed E-state index contributed by atoms with van der Waals surface area (Å²) >= 11 is 0. The fourth-order valence-electron chi connectivity index (χ4n) is 3.86. The van der Waals surface area contributed by atoms with E-state index in [-0.39, 0.29) is 11.7 Å². The Morgan fingerprint density at radius 1 is 1.00 bits per heavy atom. The second kappa shape index (κ2) is 7.75. The van der Waals surface area contributed by atoms with Crippen LogP contribution >= 0.6 is 0 Å². The Kier molecular flexibility index (Phi) is 4.78. The van der Waals surface area contributed by atoms with Gasteiger partial charge in [0.25, 0.3) is 5.91 Å². The van der Waals surface area contributed by atoms with E-state index in [0.717, 1.165) is 34.6 Å². The molecule has 0 bridgehead atoms. The number of benzene rings is 2. The molecule has 2 aromatic heterocycles. The summed E-state index contributed by atoms with van der Waals surface area (Å²) in [5, 5.41) is 4.22. The summed E-state index contributed by atoms with van der Waals surface area (Å²) in [6, 6.07) is 16.5. The number of amides is 1. The molecule has 5 nitrogen and oxygen atoms in total. The fraction of sp³-hybridized carbons (Fsp3) is 0.125. The van der Waals surface area contributed by atoms with E-state index < -0.39 is 11.6 Å². The van der Waals surface area contributed by atoms with Gasteiger partial charge in [-0.2, -0.15) is 5.10 Å². The summed E-state index contributed by atoms with van der Waals surface area (Å²) in [5.74, 6) is -2.08. The number of anilines is 1. The molecule has 2 aromatic carbocycles. The van der Waals surface area contributed by atoms with E-state index in [9.17, 15) is 13.6 Å². The lowest BCUT2D eigenvalue weighted by molar-refractivity contribution is 0.0978. The summed E-state index contributed by atoms with van der Waals surface area (Å²) in [4.78, 5) is 18.1. The first-order valence-corrected chi connectivity index (χ1v) is 9.92. The molecule has 0 unspecified atom stereocenters. The summed E-state index contributed by atoms with van der Waals surface area (Å²) < 4.78 is 29.2. The molecule has 1 aliphatic rings. The first-order chi connectivity index (χ1) is 15.1. The predicted molar refractivity (Wildman–Crippen MR) is 112 cm³/mol. The highest BCUT2D eigenvalue weighted by Gasteiger charge is 2.28. The standard InChI is InChI=1S/C24H18F2N4O/c25-19-14-22(26)23(27-15-19)29-11-8-18-5-2-17(13-21(18)24(29)31)12-16-3-6-20(7-4-16)30-10-1-9-28-30/h1-7,9-10,13-15H,8,11-12H2. The van der Waals surface area contributed by atoms with E-state index in [2.05, 4.69) is 10.1 Å². The molecule has 0 fully saturated rings. The maximum Gasteiger partial charge on any atom is 0.259 e. The molecule has 4 aromatic rings. The molecule has 31 heavy (non-hydrogen) atoms. The van der Waals surface area contributed by atoms with Gasteiger partial charge in [0.15, 0.2) is 11.6 Å². The summed E-state index contributed by atoms with van der Waals surface area (Å²) in [7, 11) is 0. The van der Waals surface area contributed by atoms with Crippen LogP contribution < -0.4 is 4.90 Å². The Morgan fingerprint density at radius 3 is 2.55 bits per heavy atom. The van der Waals surface area contributed by atoms with Crippen LogP contribution in [0.4, 0.5) is 14.6 Å². The number of hydrogen-bond donors (Lipinski definition) is 0. The Balaban J connectivity index is 1.39. The third-order valence-corrected chi connectivity index (χ3v) is 5.41. The predicted octanol–water partition coefficient (Wildman–Crippen LogP) is 4.34. The minimum absolute atomic E-state index is 0.142. The Hall–Kier alpha value is -3.87. The lowest BCUT2D eigenvalue weighted by atomic mass is 9.94. The van der Waals surface area contributed by atoms with Crippen molar-refractivity contribution >= 4 is 11.7 Å². The number of carbonyl (C=O) groups excluding carboxylic acids is 1. The van der Waals surface area contributed by atoms with Crippen molar-refractivity contribution in [1.29, 1.82) is 0 Å². The molecule has 0 radical (unpaired) electrons. The highest BCUT2D eigenvalue weighted by Crippen LogP contribution is 2.27. The highest BCUT2D eigenvalue weighted by atomic mass is 19.1. The first-order valence-electron chi connectivity index (χ1n) is 9.92. The van der Waals surface area contributed by atoms with Crippen LogP contribution in [0.5, 0.6) is 0 Å². The van der Waals surface area contributed by atoms with Gasteiger partial charge in [-0.3, -0.25) is 9.69 Å². The molecule has 0 saturated heterocycles. The Labute approximate surface area is 177 Å². The van der Waals surface area contributed by atoms with Gasteiger partial charge in [-0.1, -0.05) is 24.3 Å². The number of aromatic nitrogens is 3. The number of nitrogens with zero attached hydrogens (tertiary/aromatic N) is 4. The largest absolute Gasteiger partial charge is 0.290 e. The van der Waals surface area contributed by atoms with Crippen LogP contribution in [0.3, 0.4) is 0 Å². The van der Waals surface area contributed by atoms with Gasteiger partial charge >= 0.3 is 0 Å². The molecule has 154 valence electrons. The molecule has 5 rings (SSSR count). The second-order valence-corrected chi connectivity index (χ2v) is 7.45. The summed E-state index contributed by atoms with van der Waals surface area (Å²) in [6.45, 7) is 0.301.